The fraction of sp³-hybridized carbons (Fsp3) is 0.172. The van der Waals surface area contributed by atoms with Crippen LogP contribution in [0.1, 0.15) is 44.8 Å². The molecule has 0 atom stereocenters. The summed E-state index contributed by atoms with van der Waals surface area (Å²) in [5, 5.41) is 0. The maximum atomic E-state index is 4.70. The van der Waals surface area contributed by atoms with Crippen molar-refractivity contribution in [3.8, 4) is 0 Å². The van der Waals surface area contributed by atoms with E-state index in [1.54, 1.807) is 12.4 Å². The predicted octanol–water partition coefficient (Wildman–Crippen LogP) is 8.48. The molecule has 0 amide bonds. The van der Waals surface area contributed by atoms with E-state index < -0.39 is 0 Å². The first-order chi connectivity index (χ1) is 16.0. The van der Waals surface area contributed by atoms with E-state index in [0.29, 0.717) is 0 Å². The van der Waals surface area contributed by atoms with Gasteiger partial charge in [0.25, 0.3) is 0 Å². The molecule has 2 heterocycles. The summed E-state index contributed by atoms with van der Waals surface area (Å²) in [5.41, 5.74) is 11.0. The molecule has 2 aromatic heterocycles. The van der Waals surface area contributed by atoms with E-state index in [9.17, 15) is 0 Å². The van der Waals surface area contributed by atoms with Gasteiger partial charge in [-0.15, -0.1) is 49.6 Å². The standard InChI is InChI=1S/C29H28N4.4ClH.2Pd/c1-20-13-24(14-21(2)28(20)32-18-26-9-5-7-11-30-26)17-25-15-22(3)29(23(4)16-25)33-19-27-10-6-8-12-31-27;;;;;;/h5-16,18-19H,17H2,1-4H3;4*1H;;. The van der Waals surface area contributed by atoms with Crippen molar-refractivity contribution in [2.45, 2.75) is 34.1 Å². The van der Waals surface area contributed by atoms with Gasteiger partial charge in [0, 0.05) is 53.2 Å². The quantitative estimate of drug-likeness (QED) is 0.145. The number of benzene rings is 2. The molecule has 216 valence electrons. The Balaban J connectivity index is -0.00000216. The molecule has 4 nitrogen and oxygen atoms in total. The van der Waals surface area contributed by atoms with Crippen molar-refractivity contribution in [1.82, 2.24) is 9.97 Å². The Bertz CT molecular complexity index is 1190. The van der Waals surface area contributed by atoms with Crippen molar-refractivity contribution in [2.75, 3.05) is 0 Å². The van der Waals surface area contributed by atoms with Crippen LogP contribution in [0, 0.1) is 27.7 Å². The van der Waals surface area contributed by atoms with E-state index in [1.807, 2.05) is 48.8 Å². The zero-order valence-electron chi connectivity index (χ0n) is 21.8. The summed E-state index contributed by atoms with van der Waals surface area (Å²) < 4.78 is 0. The third-order valence-corrected chi connectivity index (χ3v) is 5.54. The number of aromatic nitrogens is 2. The molecule has 0 aliphatic carbocycles. The van der Waals surface area contributed by atoms with Crippen LogP contribution in [-0.2, 0) is 47.3 Å². The van der Waals surface area contributed by atoms with Crippen LogP contribution in [0.5, 0.6) is 0 Å². The summed E-state index contributed by atoms with van der Waals surface area (Å²) in [6.07, 6.45) is 8.09. The van der Waals surface area contributed by atoms with Crippen molar-refractivity contribution in [3.63, 3.8) is 0 Å². The second-order valence-electron chi connectivity index (χ2n) is 8.36. The van der Waals surface area contributed by atoms with E-state index >= 15 is 0 Å². The Labute approximate surface area is 284 Å². The maximum absolute atomic E-state index is 4.70. The molecule has 4 rings (SSSR count). The van der Waals surface area contributed by atoms with E-state index in [4.69, 9.17) is 9.98 Å². The third-order valence-electron chi connectivity index (χ3n) is 5.54. The fourth-order valence-electron chi connectivity index (χ4n) is 4.10. The van der Waals surface area contributed by atoms with Crippen molar-refractivity contribution >= 4 is 73.4 Å². The average molecular weight is 791 g/mol. The van der Waals surface area contributed by atoms with Crippen LogP contribution in [0.15, 0.2) is 83.0 Å². The molecule has 0 aliphatic heterocycles. The van der Waals surface area contributed by atoms with Crippen molar-refractivity contribution in [3.05, 3.63) is 118 Å². The van der Waals surface area contributed by atoms with E-state index in [0.717, 1.165) is 29.2 Å². The molecule has 0 aliphatic rings. The molecule has 39 heavy (non-hydrogen) atoms. The van der Waals surface area contributed by atoms with Gasteiger partial charge in [-0.1, -0.05) is 36.4 Å². The molecular weight excluding hydrogens is 759 g/mol. The number of hydrogen-bond donors (Lipinski definition) is 0. The number of nitrogens with zero attached hydrogens (tertiary/aromatic N) is 4. The van der Waals surface area contributed by atoms with Crippen LogP contribution in [0.4, 0.5) is 11.4 Å². The summed E-state index contributed by atoms with van der Waals surface area (Å²) >= 11 is 0. The molecule has 0 saturated heterocycles. The van der Waals surface area contributed by atoms with Gasteiger partial charge < -0.3 is 0 Å². The first kappa shape index (κ1) is 42.0. The number of pyridine rings is 2. The SMILES string of the molecule is Cc1cc(Cc2cc(C)c(N=Cc3ccccn3)c(C)c2)cc(C)c1N=Cc1ccccn1.Cl.Cl.Cl.Cl.[Pd].[Pd]. The minimum atomic E-state index is 0. The van der Waals surface area contributed by atoms with Crippen molar-refractivity contribution in [2.24, 2.45) is 9.98 Å². The van der Waals surface area contributed by atoms with Gasteiger partial charge in [0.15, 0.2) is 0 Å². The second kappa shape index (κ2) is 20.4. The first-order valence-electron chi connectivity index (χ1n) is 11.1. The minimum Gasteiger partial charge on any atom is -0.255 e. The summed E-state index contributed by atoms with van der Waals surface area (Å²) in [4.78, 5) is 18.0. The Hall–Kier alpha value is -1.44. The van der Waals surface area contributed by atoms with Crippen LogP contribution in [0.3, 0.4) is 0 Å². The normalized spacial score (nSPS) is 9.74. The van der Waals surface area contributed by atoms with Crippen LogP contribution in [0.2, 0.25) is 0 Å². The molecule has 4 aromatic rings. The van der Waals surface area contributed by atoms with E-state index in [1.165, 1.54) is 33.4 Å². The Morgan fingerprint density at radius 1 is 0.564 bits per heavy atom. The van der Waals surface area contributed by atoms with Gasteiger partial charge in [-0.25, -0.2) is 0 Å². The van der Waals surface area contributed by atoms with Crippen LogP contribution < -0.4 is 0 Å². The van der Waals surface area contributed by atoms with Gasteiger partial charge in [0.1, 0.15) is 0 Å². The van der Waals surface area contributed by atoms with Crippen molar-refractivity contribution in [1.29, 1.82) is 0 Å². The molecule has 0 N–H and O–H groups in total. The summed E-state index contributed by atoms with van der Waals surface area (Å²) in [6.45, 7) is 8.47. The minimum absolute atomic E-state index is 0. The Morgan fingerprint density at radius 2 is 0.897 bits per heavy atom. The third kappa shape index (κ3) is 11.9. The molecule has 2 aromatic carbocycles. The van der Waals surface area contributed by atoms with Gasteiger partial charge in [0.05, 0.1) is 35.2 Å². The zero-order valence-corrected chi connectivity index (χ0v) is 28.2. The smallest absolute Gasteiger partial charge is 0.0812 e. The summed E-state index contributed by atoms with van der Waals surface area (Å²) in [6, 6.07) is 20.6. The number of hydrogen-bond acceptors (Lipinski definition) is 4. The molecule has 0 radical (unpaired) electrons. The number of aryl methyl sites for hydroxylation is 4. The molecule has 10 heteroatoms. The Kier molecular flexibility index (Phi) is 22.0. The van der Waals surface area contributed by atoms with Gasteiger partial charge in [-0.05, 0) is 91.8 Å². The number of aliphatic imine (C=N–C) groups is 2. The second-order valence-corrected chi connectivity index (χ2v) is 8.36. The van der Waals surface area contributed by atoms with Gasteiger partial charge >= 0.3 is 0 Å². The van der Waals surface area contributed by atoms with Gasteiger partial charge in [0.2, 0.25) is 0 Å². The van der Waals surface area contributed by atoms with Crippen LogP contribution in [0.25, 0.3) is 0 Å². The topological polar surface area (TPSA) is 50.5 Å². The first-order valence-corrected chi connectivity index (χ1v) is 11.1. The van der Waals surface area contributed by atoms with E-state index in [-0.39, 0.29) is 90.5 Å². The summed E-state index contributed by atoms with van der Waals surface area (Å²) in [5.74, 6) is 0. The van der Waals surface area contributed by atoms with Gasteiger partial charge in [-0.3, -0.25) is 20.0 Å². The summed E-state index contributed by atoms with van der Waals surface area (Å²) in [7, 11) is 0. The molecule has 0 fully saturated rings. The molecular formula is C29H32Cl4N4Pd2. The molecule has 0 bridgehead atoms. The monoisotopic (exact) mass is 788 g/mol. The fourth-order valence-corrected chi connectivity index (χ4v) is 4.10. The van der Waals surface area contributed by atoms with E-state index in [2.05, 4.69) is 61.9 Å². The molecule has 0 saturated carbocycles. The van der Waals surface area contributed by atoms with Gasteiger partial charge in [-0.2, -0.15) is 0 Å². The molecule has 0 unspecified atom stereocenters. The maximum Gasteiger partial charge on any atom is 0.0812 e. The Morgan fingerprint density at radius 3 is 1.18 bits per heavy atom. The number of halogens is 4. The largest absolute Gasteiger partial charge is 0.255 e. The zero-order chi connectivity index (χ0) is 23.2. The van der Waals surface area contributed by atoms with Crippen molar-refractivity contribution < 1.29 is 40.8 Å². The van der Waals surface area contributed by atoms with Crippen LogP contribution in [-0.4, -0.2) is 22.4 Å². The predicted molar refractivity (Wildman–Crippen MR) is 167 cm³/mol. The number of rotatable bonds is 6. The average Bonchev–Trinajstić information content (AvgIpc) is 2.79. The van der Waals surface area contributed by atoms with Crippen LogP contribution >= 0.6 is 49.6 Å². The molecule has 0 spiro atoms.